The van der Waals surface area contributed by atoms with Gasteiger partial charge in [-0.1, -0.05) is 23.7 Å². The number of carbonyl (C=O) groups is 1. The van der Waals surface area contributed by atoms with Crippen LogP contribution >= 0.6 is 11.6 Å². The Morgan fingerprint density at radius 3 is 2.80 bits per heavy atom. The molecule has 2 aromatic carbocycles. The molecule has 30 heavy (non-hydrogen) atoms. The minimum absolute atomic E-state index is 0.0909. The number of hydrogen-bond donors (Lipinski definition) is 2. The summed E-state index contributed by atoms with van der Waals surface area (Å²) >= 11 is 6.37. The second-order valence-corrected chi connectivity index (χ2v) is 7.97. The Morgan fingerprint density at radius 1 is 1.30 bits per heavy atom. The summed E-state index contributed by atoms with van der Waals surface area (Å²) < 4.78 is 31.1. The highest BCUT2D eigenvalue weighted by molar-refractivity contribution is 6.31. The molecule has 2 bridgehead atoms. The second kappa shape index (κ2) is 7.90. The van der Waals surface area contributed by atoms with Crippen molar-refractivity contribution in [1.29, 1.82) is 0 Å². The number of fused-ring (bicyclic) bond motifs is 2. The number of ketones is 1. The third-order valence-corrected chi connectivity index (χ3v) is 5.91. The van der Waals surface area contributed by atoms with Gasteiger partial charge in [0.2, 0.25) is 0 Å². The molecular formula is C22H22ClFO6. The van der Waals surface area contributed by atoms with E-state index in [1.165, 1.54) is 6.07 Å². The van der Waals surface area contributed by atoms with Crippen molar-refractivity contribution in [2.45, 2.75) is 37.3 Å². The van der Waals surface area contributed by atoms with Gasteiger partial charge in [-0.2, -0.15) is 0 Å². The van der Waals surface area contributed by atoms with Gasteiger partial charge in [0.1, 0.15) is 6.10 Å². The van der Waals surface area contributed by atoms with Gasteiger partial charge in [0.15, 0.2) is 28.7 Å². The number of aliphatic hydroxyl groups excluding tert-OH is 2. The summed E-state index contributed by atoms with van der Waals surface area (Å²) in [4.78, 5) is 12.3. The number of hydrogen-bond acceptors (Lipinski definition) is 6. The van der Waals surface area contributed by atoms with Crippen LogP contribution in [0.5, 0.6) is 5.75 Å². The van der Waals surface area contributed by atoms with E-state index in [-0.39, 0.29) is 18.8 Å². The topological polar surface area (TPSA) is 85.2 Å². The van der Waals surface area contributed by atoms with E-state index < -0.39 is 35.7 Å². The van der Waals surface area contributed by atoms with E-state index in [1.807, 2.05) is 0 Å². The van der Waals surface area contributed by atoms with E-state index in [1.54, 1.807) is 37.3 Å². The average Bonchev–Trinajstić information content (AvgIpc) is 3.07. The third-order valence-electron chi connectivity index (χ3n) is 5.54. The molecule has 4 rings (SSSR count). The summed E-state index contributed by atoms with van der Waals surface area (Å²) in [5.74, 6) is -2.21. The lowest BCUT2D eigenvalue weighted by molar-refractivity contribution is -0.238. The predicted molar refractivity (Wildman–Crippen MR) is 106 cm³/mol. The number of Topliss-reactive ketones (excluding diaryl/α,β-unsaturated/α-hetero) is 1. The lowest BCUT2D eigenvalue weighted by atomic mass is 9.87. The van der Waals surface area contributed by atoms with Crippen molar-refractivity contribution in [3.63, 3.8) is 0 Å². The highest BCUT2D eigenvalue weighted by Crippen LogP contribution is 2.48. The smallest absolute Gasteiger partial charge is 0.199 e. The maximum Gasteiger partial charge on any atom is 0.199 e. The van der Waals surface area contributed by atoms with Crippen LogP contribution in [-0.4, -0.2) is 47.5 Å². The molecule has 2 aliphatic heterocycles. The number of halogens is 2. The van der Waals surface area contributed by atoms with Gasteiger partial charge < -0.3 is 24.4 Å². The molecular weight excluding hydrogens is 415 g/mol. The van der Waals surface area contributed by atoms with E-state index in [2.05, 4.69) is 0 Å². The summed E-state index contributed by atoms with van der Waals surface area (Å²) in [7, 11) is 0. The minimum Gasteiger partial charge on any atom is -0.491 e. The van der Waals surface area contributed by atoms with Gasteiger partial charge in [-0.05, 0) is 48.7 Å². The Bertz CT molecular complexity index is 982. The normalized spacial score (nSPS) is 28.0. The van der Waals surface area contributed by atoms with Crippen LogP contribution in [-0.2, 0) is 26.5 Å². The molecule has 160 valence electrons. The average molecular weight is 437 g/mol. The highest BCUT2D eigenvalue weighted by atomic mass is 35.5. The maximum absolute atomic E-state index is 14.2. The van der Waals surface area contributed by atoms with Gasteiger partial charge in [0.25, 0.3) is 0 Å². The summed E-state index contributed by atoms with van der Waals surface area (Å²) in [6, 6.07) is 9.85. The van der Waals surface area contributed by atoms with Crippen LogP contribution in [0.2, 0.25) is 5.02 Å². The second-order valence-electron chi connectivity index (χ2n) is 7.56. The molecule has 0 amide bonds. The van der Waals surface area contributed by atoms with Crippen LogP contribution in [0.15, 0.2) is 36.4 Å². The van der Waals surface area contributed by atoms with Crippen molar-refractivity contribution in [2.75, 3.05) is 19.8 Å². The summed E-state index contributed by atoms with van der Waals surface area (Å²) in [5.41, 5.74) is 0.391. The molecule has 2 aromatic rings. The fourth-order valence-electron chi connectivity index (χ4n) is 3.99. The molecule has 8 heteroatoms. The zero-order valence-corrected chi connectivity index (χ0v) is 17.1. The Kier molecular flexibility index (Phi) is 5.59. The van der Waals surface area contributed by atoms with Crippen molar-refractivity contribution < 1.29 is 33.6 Å². The van der Waals surface area contributed by atoms with E-state index in [9.17, 15) is 19.4 Å². The lowest BCUT2D eigenvalue weighted by Gasteiger charge is -2.38. The first-order chi connectivity index (χ1) is 14.3. The first-order valence-corrected chi connectivity index (χ1v) is 10.1. The van der Waals surface area contributed by atoms with Gasteiger partial charge in [-0.15, -0.1) is 0 Å². The molecule has 1 unspecified atom stereocenters. The van der Waals surface area contributed by atoms with Gasteiger partial charge in [-0.3, -0.25) is 4.79 Å². The largest absolute Gasteiger partial charge is 0.491 e. The Balaban J connectivity index is 1.64. The van der Waals surface area contributed by atoms with E-state index in [0.29, 0.717) is 34.7 Å². The van der Waals surface area contributed by atoms with Gasteiger partial charge in [0.05, 0.1) is 19.8 Å². The standard InChI is InChI=1S/C22H22ClFO6/c1-2-28-19-6-3-13(8-17(19)24)7-14-9-15(4-5-16(14)23)22-10-18(26)20(27)21(11-25,30-22)12-29-22/h3-6,8-9,18,25-26H,2,7,10-12H2,1H3/t18?,21-,22+/m1/s1. The Hall–Kier alpha value is -2.03. The fraction of sp³-hybridized carbons (Fsp3) is 0.409. The molecule has 0 radical (unpaired) electrons. The molecule has 2 aliphatic rings. The van der Waals surface area contributed by atoms with Crippen LogP contribution < -0.4 is 4.74 Å². The van der Waals surface area contributed by atoms with E-state index >= 15 is 0 Å². The molecule has 2 fully saturated rings. The number of aliphatic hydroxyl groups is 2. The van der Waals surface area contributed by atoms with E-state index in [4.69, 9.17) is 25.8 Å². The van der Waals surface area contributed by atoms with Gasteiger partial charge in [0, 0.05) is 17.0 Å². The number of ether oxygens (including phenoxy) is 3. The molecule has 0 aliphatic carbocycles. The maximum atomic E-state index is 14.2. The van der Waals surface area contributed by atoms with Crippen LogP contribution in [0, 0.1) is 5.82 Å². The molecule has 3 atom stereocenters. The van der Waals surface area contributed by atoms with Crippen LogP contribution in [0.1, 0.15) is 30.0 Å². The fourth-order valence-corrected chi connectivity index (χ4v) is 4.17. The Morgan fingerprint density at radius 2 is 2.10 bits per heavy atom. The van der Waals surface area contributed by atoms with Crippen molar-refractivity contribution in [3.05, 3.63) is 63.9 Å². The lowest BCUT2D eigenvalue weighted by Crippen LogP contribution is -2.56. The minimum atomic E-state index is -1.57. The molecule has 0 aromatic heterocycles. The Labute approximate surface area is 178 Å². The first-order valence-electron chi connectivity index (χ1n) is 9.70. The molecule has 2 N–H and O–H groups in total. The van der Waals surface area contributed by atoms with Crippen molar-refractivity contribution >= 4 is 17.4 Å². The molecule has 0 spiro atoms. The predicted octanol–water partition coefficient (Wildman–Crippen LogP) is 2.73. The van der Waals surface area contributed by atoms with Crippen molar-refractivity contribution in [3.8, 4) is 5.75 Å². The number of benzene rings is 2. The summed E-state index contributed by atoms with van der Waals surface area (Å²) in [6.07, 6.45) is -1.06. The zero-order chi connectivity index (χ0) is 21.5. The highest BCUT2D eigenvalue weighted by Gasteiger charge is 2.62. The zero-order valence-electron chi connectivity index (χ0n) is 16.4. The summed E-state index contributed by atoms with van der Waals surface area (Å²) in [5, 5.41) is 20.4. The van der Waals surface area contributed by atoms with Gasteiger partial charge in [-0.25, -0.2) is 4.39 Å². The molecule has 2 saturated heterocycles. The van der Waals surface area contributed by atoms with Crippen molar-refractivity contribution in [1.82, 2.24) is 0 Å². The number of rotatable bonds is 6. The quantitative estimate of drug-likeness (QED) is 0.724. The first kappa shape index (κ1) is 21.2. The van der Waals surface area contributed by atoms with E-state index in [0.717, 1.165) is 0 Å². The van der Waals surface area contributed by atoms with Gasteiger partial charge >= 0.3 is 0 Å². The number of carbonyl (C=O) groups excluding carboxylic acids is 1. The van der Waals surface area contributed by atoms with Crippen LogP contribution in [0.25, 0.3) is 0 Å². The van der Waals surface area contributed by atoms with Crippen LogP contribution in [0.3, 0.4) is 0 Å². The molecule has 6 nitrogen and oxygen atoms in total. The SMILES string of the molecule is CCOc1ccc(Cc2cc([C@@]34CC(O)C(=O)[C@@](CO)(CO3)O4)ccc2Cl)cc1F. The molecule has 0 saturated carbocycles. The third kappa shape index (κ3) is 3.50. The van der Waals surface area contributed by atoms with Crippen molar-refractivity contribution in [2.24, 2.45) is 0 Å². The summed E-state index contributed by atoms with van der Waals surface area (Å²) in [6.45, 7) is 1.42. The van der Waals surface area contributed by atoms with Crippen LogP contribution in [0.4, 0.5) is 4.39 Å². The monoisotopic (exact) mass is 436 g/mol. The molecule has 2 heterocycles.